The number of Topliss-reactive ketones (excluding diaryl/α,β-unsaturated/α-hetero) is 1. The van der Waals surface area contributed by atoms with Gasteiger partial charge >= 0.3 is 0 Å². The Kier molecular flexibility index (Phi) is 6.21. The largest absolute Gasteiger partial charge is 0.460 e. The molecular weight excluding hydrogens is 470 g/mol. The minimum atomic E-state index is -0.263. The van der Waals surface area contributed by atoms with Crippen LogP contribution >= 0.6 is 0 Å². The molecule has 2 aliphatic rings. The van der Waals surface area contributed by atoms with Crippen molar-refractivity contribution < 1.29 is 9.21 Å². The summed E-state index contributed by atoms with van der Waals surface area (Å²) in [6, 6.07) is 3.91. The van der Waals surface area contributed by atoms with Crippen LogP contribution in [-0.4, -0.2) is 56.4 Å². The molecule has 192 valence electrons. The highest BCUT2D eigenvalue weighted by Gasteiger charge is 2.26. The van der Waals surface area contributed by atoms with Crippen molar-refractivity contribution >= 4 is 39.6 Å². The minimum Gasteiger partial charge on any atom is -0.460 e. The number of aromatic nitrogens is 4. The molecule has 6 rings (SSSR count). The molecule has 2 fully saturated rings. The van der Waals surface area contributed by atoms with Gasteiger partial charge in [0.05, 0.1) is 12.1 Å². The van der Waals surface area contributed by atoms with Crippen LogP contribution in [0.3, 0.4) is 0 Å². The highest BCUT2D eigenvalue weighted by Crippen LogP contribution is 2.32. The van der Waals surface area contributed by atoms with Gasteiger partial charge in [0.15, 0.2) is 5.78 Å². The Labute approximate surface area is 214 Å². The second kappa shape index (κ2) is 9.68. The number of furan rings is 1. The first-order valence-electron chi connectivity index (χ1n) is 13.0. The third-order valence-corrected chi connectivity index (χ3v) is 7.53. The predicted molar refractivity (Wildman–Crippen MR) is 141 cm³/mol. The third kappa shape index (κ3) is 4.51. The number of nitrogens with one attached hydrogen (secondary N) is 2. The van der Waals surface area contributed by atoms with Crippen LogP contribution in [0.5, 0.6) is 0 Å². The molecule has 1 saturated heterocycles. The van der Waals surface area contributed by atoms with Crippen molar-refractivity contribution in [3.8, 4) is 0 Å². The molecule has 0 atom stereocenters. The standard InChI is InChI=1S/C27H31N7O3/c1-16-21-14-30-27(32-25(21)34(19-5-3-4-6-19)26(36)24(16)17(2)35)31-23-12-22-18(13-29-23)11-20(37-22)15-33-9-7-28-8-10-33/h11-14,19,28H,3-10,15H2,1-2H3,(H,29,30,31,32). The monoisotopic (exact) mass is 501 g/mol. The van der Waals surface area contributed by atoms with Crippen LogP contribution in [0.4, 0.5) is 11.8 Å². The average Bonchev–Trinajstić information content (AvgIpc) is 3.54. The molecule has 4 aromatic heterocycles. The van der Waals surface area contributed by atoms with E-state index in [9.17, 15) is 9.59 Å². The number of ketones is 1. The molecule has 1 saturated carbocycles. The highest BCUT2D eigenvalue weighted by atomic mass is 16.3. The van der Waals surface area contributed by atoms with Gasteiger partial charge in [0, 0.05) is 61.5 Å². The van der Waals surface area contributed by atoms with Crippen molar-refractivity contribution in [2.75, 3.05) is 31.5 Å². The van der Waals surface area contributed by atoms with Crippen LogP contribution in [0.1, 0.15) is 60.3 Å². The number of fused-ring (bicyclic) bond motifs is 2. The van der Waals surface area contributed by atoms with Gasteiger partial charge in [-0.15, -0.1) is 0 Å². The molecule has 37 heavy (non-hydrogen) atoms. The molecule has 0 radical (unpaired) electrons. The molecule has 5 heterocycles. The van der Waals surface area contributed by atoms with Gasteiger partial charge in [-0.25, -0.2) is 9.97 Å². The van der Waals surface area contributed by atoms with Crippen molar-refractivity contribution in [1.29, 1.82) is 0 Å². The topological polar surface area (TPSA) is 118 Å². The first-order chi connectivity index (χ1) is 18.0. The van der Waals surface area contributed by atoms with Crippen molar-refractivity contribution in [2.24, 2.45) is 0 Å². The molecule has 0 amide bonds. The van der Waals surface area contributed by atoms with Crippen LogP contribution in [0, 0.1) is 6.92 Å². The van der Waals surface area contributed by atoms with E-state index in [0.717, 1.165) is 75.1 Å². The molecule has 0 spiro atoms. The van der Waals surface area contributed by atoms with Crippen molar-refractivity contribution in [1.82, 2.24) is 29.7 Å². The second-order valence-corrected chi connectivity index (χ2v) is 10.1. The number of piperazine rings is 1. The fourth-order valence-electron chi connectivity index (χ4n) is 5.65. The van der Waals surface area contributed by atoms with Gasteiger partial charge in [-0.3, -0.25) is 19.1 Å². The van der Waals surface area contributed by atoms with Crippen LogP contribution in [0.15, 0.2) is 33.7 Å². The van der Waals surface area contributed by atoms with Crippen molar-refractivity contribution in [2.45, 2.75) is 52.1 Å². The van der Waals surface area contributed by atoms with E-state index in [0.29, 0.717) is 28.4 Å². The van der Waals surface area contributed by atoms with Crippen LogP contribution in [0.2, 0.25) is 0 Å². The Bertz CT molecular complexity index is 1550. The summed E-state index contributed by atoms with van der Waals surface area (Å²) in [6.45, 7) is 7.99. The Morgan fingerprint density at radius 3 is 2.70 bits per heavy atom. The van der Waals surface area contributed by atoms with Gasteiger partial charge in [-0.1, -0.05) is 12.8 Å². The first-order valence-corrected chi connectivity index (χ1v) is 13.0. The van der Waals surface area contributed by atoms with E-state index in [1.807, 2.05) is 12.1 Å². The number of carbonyl (C=O) groups excluding carboxylic acids is 1. The molecule has 2 N–H and O–H groups in total. The van der Waals surface area contributed by atoms with E-state index in [4.69, 9.17) is 9.40 Å². The predicted octanol–water partition coefficient (Wildman–Crippen LogP) is 3.71. The molecule has 1 aliphatic carbocycles. The maximum atomic E-state index is 13.4. The Hall–Kier alpha value is -3.63. The van der Waals surface area contributed by atoms with Gasteiger partial charge in [0.1, 0.15) is 22.8 Å². The second-order valence-electron chi connectivity index (χ2n) is 10.1. The third-order valence-electron chi connectivity index (χ3n) is 7.53. The van der Waals surface area contributed by atoms with Crippen LogP contribution < -0.4 is 16.2 Å². The average molecular weight is 502 g/mol. The SMILES string of the molecule is CC(=O)c1c(C)c2cnc(Nc3cc4oc(CN5CCNCC5)cc4cn3)nc2n(C2CCCC2)c1=O. The lowest BCUT2D eigenvalue weighted by Gasteiger charge is -2.26. The summed E-state index contributed by atoms with van der Waals surface area (Å²) in [5, 5.41) is 8.20. The summed E-state index contributed by atoms with van der Waals surface area (Å²) in [5.74, 6) is 1.58. The van der Waals surface area contributed by atoms with Gasteiger partial charge in [0.2, 0.25) is 5.95 Å². The summed E-state index contributed by atoms with van der Waals surface area (Å²) >= 11 is 0. The zero-order valence-electron chi connectivity index (χ0n) is 21.2. The van der Waals surface area contributed by atoms with E-state index < -0.39 is 0 Å². The Balaban J connectivity index is 1.34. The van der Waals surface area contributed by atoms with E-state index in [1.54, 1.807) is 23.9 Å². The normalized spacial score (nSPS) is 17.1. The number of carbonyl (C=O) groups is 1. The molecule has 1 aliphatic heterocycles. The van der Waals surface area contributed by atoms with Gasteiger partial charge < -0.3 is 15.1 Å². The summed E-state index contributed by atoms with van der Waals surface area (Å²) in [6.07, 6.45) is 7.38. The summed E-state index contributed by atoms with van der Waals surface area (Å²) in [5.41, 5.74) is 1.88. The smallest absolute Gasteiger partial charge is 0.263 e. The number of anilines is 2. The molecule has 0 bridgehead atoms. The first kappa shape index (κ1) is 23.7. The zero-order chi connectivity index (χ0) is 25.5. The van der Waals surface area contributed by atoms with Crippen molar-refractivity contribution in [3.05, 3.63) is 51.8 Å². The van der Waals surface area contributed by atoms with Crippen LogP contribution in [-0.2, 0) is 6.54 Å². The van der Waals surface area contributed by atoms with Crippen molar-refractivity contribution in [3.63, 3.8) is 0 Å². The maximum Gasteiger partial charge on any atom is 0.263 e. The number of nitrogens with zero attached hydrogens (tertiary/aromatic N) is 5. The number of hydrogen-bond acceptors (Lipinski definition) is 9. The summed E-state index contributed by atoms with van der Waals surface area (Å²) in [4.78, 5) is 41.9. The molecule has 10 nitrogen and oxygen atoms in total. The fourth-order valence-corrected chi connectivity index (χ4v) is 5.65. The number of pyridine rings is 2. The number of hydrogen-bond donors (Lipinski definition) is 2. The van der Waals surface area contributed by atoms with E-state index in [1.165, 1.54) is 6.92 Å². The molecule has 4 aromatic rings. The lowest BCUT2D eigenvalue weighted by molar-refractivity contribution is 0.101. The molecule has 0 unspecified atom stereocenters. The zero-order valence-corrected chi connectivity index (χ0v) is 21.2. The van der Waals surface area contributed by atoms with E-state index in [-0.39, 0.29) is 22.9 Å². The fraction of sp³-hybridized carbons (Fsp3) is 0.444. The summed E-state index contributed by atoms with van der Waals surface area (Å²) in [7, 11) is 0. The van der Waals surface area contributed by atoms with E-state index in [2.05, 4.69) is 25.5 Å². The van der Waals surface area contributed by atoms with Gasteiger partial charge in [-0.2, -0.15) is 4.98 Å². The lowest BCUT2D eigenvalue weighted by atomic mass is 10.0. The van der Waals surface area contributed by atoms with E-state index >= 15 is 0 Å². The van der Waals surface area contributed by atoms with Gasteiger partial charge in [-0.05, 0) is 38.3 Å². The number of rotatable bonds is 6. The van der Waals surface area contributed by atoms with Crippen LogP contribution in [0.25, 0.3) is 22.0 Å². The Morgan fingerprint density at radius 1 is 1.16 bits per heavy atom. The van der Waals surface area contributed by atoms with Gasteiger partial charge in [0.25, 0.3) is 5.56 Å². The Morgan fingerprint density at radius 2 is 1.95 bits per heavy atom. The maximum absolute atomic E-state index is 13.4. The summed E-state index contributed by atoms with van der Waals surface area (Å²) < 4.78 is 7.83. The quantitative estimate of drug-likeness (QED) is 0.381. The molecule has 0 aromatic carbocycles. The lowest BCUT2D eigenvalue weighted by Crippen LogP contribution is -2.42. The molecular formula is C27H31N7O3. The molecule has 10 heteroatoms. The number of aryl methyl sites for hydroxylation is 1. The minimum absolute atomic E-state index is 0.0307. The highest BCUT2D eigenvalue weighted by molar-refractivity contribution is 5.99.